The van der Waals surface area contributed by atoms with Crippen molar-refractivity contribution < 1.29 is 29.0 Å². The van der Waals surface area contributed by atoms with Crippen LogP contribution in [0.2, 0.25) is 0 Å². The summed E-state index contributed by atoms with van der Waals surface area (Å²) in [5.41, 5.74) is -1.67. The lowest BCUT2D eigenvalue weighted by molar-refractivity contribution is -0.150. The lowest BCUT2D eigenvalue weighted by atomic mass is 9.87. The summed E-state index contributed by atoms with van der Waals surface area (Å²) in [5.74, 6) is -1.57. The monoisotopic (exact) mass is 274 g/mol. The van der Waals surface area contributed by atoms with Crippen LogP contribution in [0.3, 0.4) is 0 Å². The minimum atomic E-state index is -1.67. The number of esters is 1. The van der Waals surface area contributed by atoms with Crippen LogP contribution in [0.1, 0.15) is 39.5 Å². The van der Waals surface area contributed by atoms with E-state index in [2.05, 4.69) is 0 Å². The van der Waals surface area contributed by atoms with Crippen molar-refractivity contribution in [3.05, 3.63) is 0 Å². The summed E-state index contributed by atoms with van der Waals surface area (Å²) in [5, 5.41) is 10.0. The molecule has 0 heterocycles. The van der Waals surface area contributed by atoms with E-state index in [0.29, 0.717) is 0 Å². The van der Waals surface area contributed by atoms with Crippen LogP contribution in [0.15, 0.2) is 0 Å². The minimum Gasteiger partial charge on any atom is -0.463 e. The van der Waals surface area contributed by atoms with Gasteiger partial charge in [0.05, 0.1) is 6.61 Å². The number of rotatable bonds is 10. The molecule has 0 fully saturated rings. The molecular formula is C13H22O6. The van der Waals surface area contributed by atoms with E-state index < -0.39 is 29.6 Å². The first-order valence-electron chi connectivity index (χ1n) is 6.31. The second-order valence-electron chi connectivity index (χ2n) is 4.27. The van der Waals surface area contributed by atoms with Crippen LogP contribution < -0.4 is 0 Å². The van der Waals surface area contributed by atoms with Crippen molar-refractivity contribution in [1.29, 1.82) is 0 Å². The molecule has 0 spiro atoms. The quantitative estimate of drug-likeness (QED) is 0.357. The Morgan fingerprint density at radius 3 is 2.26 bits per heavy atom. The number of ketones is 2. The fourth-order valence-corrected chi connectivity index (χ4v) is 1.59. The van der Waals surface area contributed by atoms with Gasteiger partial charge in [0.15, 0.2) is 5.78 Å². The van der Waals surface area contributed by atoms with E-state index in [1.807, 2.05) is 0 Å². The van der Waals surface area contributed by atoms with Gasteiger partial charge in [-0.3, -0.25) is 14.4 Å². The molecule has 0 saturated carbocycles. The van der Waals surface area contributed by atoms with Crippen molar-refractivity contribution in [2.24, 2.45) is 0 Å². The second kappa shape index (κ2) is 8.77. The van der Waals surface area contributed by atoms with Gasteiger partial charge in [-0.25, -0.2) is 0 Å². The maximum Gasteiger partial charge on any atom is 0.313 e. The first-order chi connectivity index (χ1) is 8.89. The average molecular weight is 274 g/mol. The molecule has 0 amide bonds. The predicted molar refractivity (Wildman–Crippen MR) is 67.6 cm³/mol. The topological polar surface area (TPSA) is 89.9 Å². The summed E-state index contributed by atoms with van der Waals surface area (Å²) in [6.07, 6.45) is -0.501. The first kappa shape index (κ1) is 17.7. The zero-order valence-corrected chi connectivity index (χ0v) is 11.7. The maximum absolute atomic E-state index is 11.6. The largest absolute Gasteiger partial charge is 0.463 e. The Bertz CT molecular complexity index is 325. The lowest BCUT2D eigenvalue weighted by Gasteiger charge is -2.23. The average Bonchev–Trinajstić information content (AvgIpc) is 2.37. The fraction of sp³-hybridized carbons (Fsp3) is 0.769. The van der Waals surface area contributed by atoms with Crippen LogP contribution in [0.25, 0.3) is 0 Å². The Morgan fingerprint density at radius 1 is 1.16 bits per heavy atom. The standard InChI is InChI=1S/C13H22O6/c1-4-11(15)13(17,5-2)9-10(14)8-12(16)19-7-6-18-3/h17H,4-9H2,1-3H3. The smallest absolute Gasteiger partial charge is 0.313 e. The number of carbonyl (C=O) groups excluding carboxylic acids is 3. The Labute approximate surface area is 113 Å². The van der Waals surface area contributed by atoms with E-state index in [9.17, 15) is 19.5 Å². The van der Waals surface area contributed by atoms with Gasteiger partial charge in [-0.05, 0) is 6.42 Å². The summed E-state index contributed by atoms with van der Waals surface area (Å²) >= 11 is 0. The molecule has 19 heavy (non-hydrogen) atoms. The van der Waals surface area contributed by atoms with Crippen LogP contribution in [0.4, 0.5) is 0 Å². The number of carbonyl (C=O) groups is 3. The van der Waals surface area contributed by atoms with Crippen molar-refractivity contribution in [2.45, 2.75) is 45.1 Å². The molecule has 0 aromatic heterocycles. The van der Waals surface area contributed by atoms with Gasteiger partial charge in [0.1, 0.15) is 24.4 Å². The molecule has 0 rings (SSSR count). The number of ether oxygens (including phenoxy) is 2. The summed E-state index contributed by atoms with van der Waals surface area (Å²) in [4.78, 5) is 34.5. The molecule has 0 aliphatic heterocycles. The number of hydrogen-bond donors (Lipinski definition) is 1. The molecule has 0 aliphatic rings. The maximum atomic E-state index is 11.6. The molecule has 0 aliphatic carbocycles. The molecule has 6 heteroatoms. The Balaban J connectivity index is 4.28. The number of aliphatic hydroxyl groups is 1. The van der Waals surface area contributed by atoms with Crippen LogP contribution in [0.5, 0.6) is 0 Å². The van der Waals surface area contributed by atoms with E-state index in [1.54, 1.807) is 13.8 Å². The molecule has 0 radical (unpaired) electrons. The van der Waals surface area contributed by atoms with Crippen LogP contribution in [-0.4, -0.2) is 48.6 Å². The van der Waals surface area contributed by atoms with Crippen molar-refractivity contribution in [3.8, 4) is 0 Å². The van der Waals surface area contributed by atoms with Crippen LogP contribution in [0, 0.1) is 0 Å². The van der Waals surface area contributed by atoms with Gasteiger partial charge in [0.25, 0.3) is 0 Å². The van der Waals surface area contributed by atoms with Crippen molar-refractivity contribution >= 4 is 17.5 Å². The van der Waals surface area contributed by atoms with Crippen LogP contribution >= 0.6 is 0 Å². The molecule has 0 bridgehead atoms. The summed E-state index contributed by atoms with van der Waals surface area (Å²) in [6, 6.07) is 0. The molecule has 0 aromatic rings. The predicted octanol–water partition coefficient (Wildman–Crippen LogP) is 0.645. The SMILES string of the molecule is CCC(=O)C(O)(CC)CC(=O)CC(=O)OCCOC. The molecular weight excluding hydrogens is 252 g/mol. The second-order valence-corrected chi connectivity index (χ2v) is 4.27. The highest BCUT2D eigenvalue weighted by atomic mass is 16.6. The van der Waals surface area contributed by atoms with Crippen molar-refractivity contribution in [2.75, 3.05) is 20.3 Å². The lowest BCUT2D eigenvalue weighted by Crippen LogP contribution is -2.40. The van der Waals surface area contributed by atoms with E-state index in [0.717, 1.165) is 0 Å². The highest BCUT2D eigenvalue weighted by Gasteiger charge is 2.35. The Hall–Kier alpha value is -1.27. The van der Waals surface area contributed by atoms with Gasteiger partial charge in [0.2, 0.25) is 0 Å². The Morgan fingerprint density at radius 2 is 1.79 bits per heavy atom. The third-order valence-electron chi connectivity index (χ3n) is 2.81. The van der Waals surface area contributed by atoms with Gasteiger partial charge >= 0.3 is 5.97 Å². The van der Waals surface area contributed by atoms with E-state index in [4.69, 9.17) is 9.47 Å². The zero-order valence-electron chi connectivity index (χ0n) is 11.7. The van der Waals surface area contributed by atoms with Gasteiger partial charge in [-0.15, -0.1) is 0 Å². The Kier molecular flexibility index (Phi) is 8.18. The van der Waals surface area contributed by atoms with Gasteiger partial charge in [-0.2, -0.15) is 0 Å². The summed E-state index contributed by atoms with van der Waals surface area (Å²) in [7, 11) is 1.47. The molecule has 0 aromatic carbocycles. The van der Waals surface area contributed by atoms with E-state index in [-0.39, 0.29) is 32.5 Å². The number of hydrogen-bond acceptors (Lipinski definition) is 6. The molecule has 1 unspecified atom stereocenters. The summed E-state index contributed by atoms with van der Waals surface area (Å²) in [6.45, 7) is 3.58. The third-order valence-corrected chi connectivity index (χ3v) is 2.81. The van der Waals surface area contributed by atoms with Crippen molar-refractivity contribution in [1.82, 2.24) is 0 Å². The minimum absolute atomic E-state index is 0.0779. The van der Waals surface area contributed by atoms with Gasteiger partial charge < -0.3 is 14.6 Å². The van der Waals surface area contributed by atoms with Crippen molar-refractivity contribution in [3.63, 3.8) is 0 Å². The summed E-state index contributed by atoms with van der Waals surface area (Å²) < 4.78 is 9.43. The molecule has 110 valence electrons. The van der Waals surface area contributed by atoms with Crippen LogP contribution in [-0.2, 0) is 23.9 Å². The third kappa shape index (κ3) is 6.45. The normalized spacial score (nSPS) is 13.7. The molecule has 0 saturated heterocycles. The van der Waals surface area contributed by atoms with E-state index >= 15 is 0 Å². The number of methoxy groups -OCH3 is 1. The number of Topliss-reactive ketones (excluding diaryl/α,β-unsaturated/α-hetero) is 2. The fourth-order valence-electron chi connectivity index (χ4n) is 1.59. The van der Waals surface area contributed by atoms with Gasteiger partial charge in [0, 0.05) is 20.0 Å². The first-order valence-corrected chi connectivity index (χ1v) is 6.31. The van der Waals surface area contributed by atoms with Gasteiger partial charge in [-0.1, -0.05) is 13.8 Å². The highest BCUT2D eigenvalue weighted by Crippen LogP contribution is 2.19. The van der Waals surface area contributed by atoms with E-state index in [1.165, 1.54) is 7.11 Å². The molecule has 1 atom stereocenters. The highest BCUT2D eigenvalue weighted by molar-refractivity contribution is 5.99. The molecule has 1 N–H and O–H groups in total. The zero-order chi connectivity index (χ0) is 14.9. The molecule has 6 nitrogen and oxygen atoms in total.